The maximum Gasteiger partial charge on any atom is 0.257 e. The lowest BCUT2D eigenvalue weighted by Gasteiger charge is -2.05. The van der Waals surface area contributed by atoms with Crippen molar-refractivity contribution >= 4 is 24.2 Å². The highest BCUT2D eigenvalue weighted by Gasteiger charge is 2.08. The largest absolute Gasteiger partial charge is 0.322 e. The number of benzene rings is 2. The lowest BCUT2D eigenvalue weighted by Crippen LogP contribution is -2.12. The topological polar surface area (TPSA) is 29.1 Å². The number of nitrogens with one attached hydrogen (secondary N) is 1. The molecule has 2 aromatic carbocycles. The van der Waals surface area contributed by atoms with E-state index in [1.165, 1.54) is 0 Å². The van der Waals surface area contributed by atoms with Gasteiger partial charge in [-0.05, 0) is 24.3 Å². The quantitative estimate of drug-likeness (QED) is 0.837. The molecule has 0 heterocycles. The van der Waals surface area contributed by atoms with E-state index < -0.39 is 0 Å². The summed E-state index contributed by atoms with van der Waals surface area (Å²) in [5.41, 5.74) is 1.30. The van der Waals surface area contributed by atoms with Crippen LogP contribution in [0, 0.1) is 0 Å². The Balaban J connectivity index is 2.19. The summed E-state index contributed by atoms with van der Waals surface area (Å²) in [6, 6.07) is 16.4. The van der Waals surface area contributed by atoms with Gasteiger partial charge in [0, 0.05) is 5.69 Å². The van der Waals surface area contributed by atoms with E-state index in [1.54, 1.807) is 18.2 Å². The number of hydrogen-bond acceptors (Lipinski definition) is 1. The molecule has 1 amide bonds. The number of rotatable bonds is 2. The molecular weight excluding hydrogens is 218 g/mol. The van der Waals surface area contributed by atoms with Crippen LogP contribution in [-0.2, 0) is 0 Å². The average Bonchev–Trinajstić information content (AvgIpc) is 2.31. The fourth-order valence-electron chi connectivity index (χ4n) is 1.37. The van der Waals surface area contributed by atoms with Crippen LogP contribution < -0.4 is 5.32 Å². The molecule has 0 aliphatic carbocycles. The van der Waals surface area contributed by atoms with Gasteiger partial charge in [0.05, 0.1) is 10.5 Å². The molecular formula is C13H10NOS. The zero-order chi connectivity index (χ0) is 11.4. The van der Waals surface area contributed by atoms with Gasteiger partial charge in [-0.15, -0.1) is 0 Å². The van der Waals surface area contributed by atoms with Gasteiger partial charge in [0.1, 0.15) is 0 Å². The fraction of sp³-hybridized carbons (Fsp3) is 0. The third-order valence-corrected chi connectivity index (χ3v) is 2.52. The Morgan fingerprint density at radius 2 is 1.56 bits per heavy atom. The third kappa shape index (κ3) is 2.38. The molecule has 1 N–H and O–H groups in total. The number of carbonyl (C=O) groups excluding carboxylic acids is 1. The third-order valence-electron chi connectivity index (χ3n) is 2.16. The van der Waals surface area contributed by atoms with Crippen molar-refractivity contribution in [1.29, 1.82) is 0 Å². The summed E-state index contributed by atoms with van der Waals surface area (Å²) < 4.78 is 0. The van der Waals surface area contributed by atoms with Crippen LogP contribution in [0.3, 0.4) is 0 Å². The average molecular weight is 228 g/mol. The van der Waals surface area contributed by atoms with Gasteiger partial charge < -0.3 is 5.32 Å². The number of hydrogen-bond donors (Lipinski definition) is 1. The van der Waals surface area contributed by atoms with Gasteiger partial charge in [0.15, 0.2) is 0 Å². The van der Waals surface area contributed by atoms with E-state index >= 15 is 0 Å². The monoisotopic (exact) mass is 228 g/mol. The molecule has 0 saturated heterocycles. The molecule has 0 bridgehead atoms. The van der Waals surface area contributed by atoms with E-state index in [-0.39, 0.29) is 5.91 Å². The van der Waals surface area contributed by atoms with E-state index in [4.69, 9.17) is 12.6 Å². The van der Waals surface area contributed by atoms with Crippen LogP contribution in [0.15, 0.2) is 59.5 Å². The van der Waals surface area contributed by atoms with Gasteiger partial charge in [0.2, 0.25) is 0 Å². The predicted octanol–water partition coefficient (Wildman–Crippen LogP) is 3.50. The molecule has 0 spiro atoms. The van der Waals surface area contributed by atoms with Crippen LogP contribution in [0.5, 0.6) is 0 Å². The Hall–Kier alpha value is -1.87. The molecule has 16 heavy (non-hydrogen) atoms. The Morgan fingerprint density at radius 3 is 2.25 bits per heavy atom. The van der Waals surface area contributed by atoms with E-state index in [0.717, 1.165) is 5.69 Å². The highest BCUT2D eigenvalue weighted by molar-refractivity contribution is 7.80. The van der Waals surface area contributed by atoms with Crippen LogP contribution >= 0.6 is 12.6 Å². The summed E-state index contributed by atoms with van der Waals surface area (Å²) in [4.78, 5) is 12.4. The van der Waals surface area contributed by atoms with Gasteiger partial charge in [-0.2, -0.15) is 0 Å². The van der Waals surface area contributed by atoms with Gasteiger partial charge in [-0.25, -0.2) is 0 Å². The second kappa shape index (κ2) is 4.77. The second-order valence-corrected chi connectivity index (χ2v) is 3.76. The zero-order valence-electron chi connectivity index (χ0n) is 8.51. The molecule has 0 aliphatic rings. The molecule has 2 aromatic rings. The number of amides is 1. The van der Waals surface area contributed by atoms with Crippen molar-refractivity contribution in [3.63, 3.8) is 0 Å². The van der Waals surface area contributed by atoms with E-state index in [2.05, 4.69) is 5.32 Å². The Morgan fingerprint density at radius 1 is 0.938 bits per heavy atom. The number of carbonyl (C=O) groups is 1. The van der Waals surface area contributed by atoms with Crippen LogP contribution in [-0.4, -0.2) is 5.91 Å². The highest BCUT2D eigenvalue weighted by Crippen LogP contribution is 2.15. The molecule has 1 radical (unpaired) electrons. The van der Waals surface area contributed by atoms with Gasteiger partial charge in [0.25, 0.3) is 5.91 Å². The summed E-state index contributed by atoms with van der Waals surface area (Å²) in [5, 5.41) is 2.79. The Labute approximate surface area is 99.7 Å². The van der Waals surface area contributed by atoms with Crippen molar-refractivity contribution in [2.75, 3.05) is 5.32 Å². The lowest BCUT2D eigenvalue weighted by atomic mass is 10.2. The van der Waals surface area contributed by atoms with Crippen molar-refractivity contribution < 1.29 is 4.79 Å². The van der Waals surface area contributed by atoms with Crippen molar-refractivity contribution in [3.05, 3.63) is 60.2 Å². The van der Waals surface area contributed by atoms with Crippen LogP contribution in [0.4, 0.5) is 5.69 Å². The first-order valence-corrected chi connectivity index (χ1v) is 5.30. The Kier molecular flexibility index (Phi) is 3.17. The summed E-state index contributed by atoms with van der Waals surface area (Å²) in [6.45, 7) is 0. The second-order valence-electron chi connectivity index (χ2n) is 3.32. The molecule has 0 aliphatic heterocycles. The first-order valence-electron chi connectivity index (χ1n) is 4.90. The minimum atomic E-state index is -0.170. The Bertz CT molecular complexity index is 496. The minimum Gasteiger partial charge on any atom is -0.322 e. The first-order chi connectivity index (χ1) is 7.77. The van der Waals surface area contributed by atoms with Crippen LogP contribution in [0.2, 0.25) is 0 Å². The van der Waals surface area contributed by atoms with E-state index in [9.17, 15) is 4.79 Å². The minimum absolute atomic E-state index is 0.170. The maximum atomic E-state index is 11.9. The van der Waals surface area contributed by atoms with Crippen LogP contribution in [0.1, 0.15) is 10.4 Å². The summed E-state index contributed by atoms with van der Waals surface area (Å²) in [5.74, 6) is -0.170. The fourth-order valence-corrected chi connectivity index (χ4v) is 1.61. The van der Waals surface area contributed by atoms with E-state index in [0.29, 0.717) is 10.5 Å². The molecule has 0 atom stereocenters. The molecule has 0 unspecified atom stereocenters. The zero-order valence-corrected chi connectivity index (χ0v) is 9.33. The normalized spacial score (nSPS) is 9.75. The van der Waals surface area contributed by atoms with Crippen molar-refractivity contribution in [1.82, 2.24) is 0 Å². The highest BCUT2D eigenvalue weighted by atomic mass is 32.1. The van der Waals surface area contributed by atoms with Gasteiger partial charge >= 0.3 is 0 Å². The van der Waals surface area contributed by atoms with Gasteiger partial charge in [-0.3, -0.25) is 4.79 Å². The maximum absolute atomic E-state index is 11.9. The van der Waals surface area contributed by atoms with Gasteiger partial charge in [-0.1, -0.05) is 43.0 Å². The predicted molar refractivity (Wildman–Crippen MR) is 66.7 cm³/mol. The molecule has 79 valence electrons. The van der Waals surface area contributed by atoms with Crippen molar-refractivity contribution in [2.24, 2.45) is 0 Å². The SMILES string of the molecule is O=C(Nc1ccccc1)c1ccccc1[S]. The molecule has 3 heteroatoms. The molecule has 0 fully saturated rings. The molecule has 2 nitrogen and oxygen atoms in total. The first kappa shape index (κ1) is 10.6. The molecule has 0 saturated carbocycles. The van der Waals surface area contributed by atoms with E-state index in [1.807, 2.05) is 36.4 Å². The lowest BCUT2D eigenvalue weighted by molar-refractivity contribution is 0.102. The summed E-state index contributed by atoms with van der Waals surface area (Å²) in [6.07, 6.45) is 0. The van der Waals surface area contributed by atoms with Crippen molar-refractivity contribution in [3.8, 4) is 0 Å². The van der Waals surface area contributed by atoms with Crippen LogP contribution in [0.25, 0.3) is 0 Å². The van der Waals surface area contributed by atoms with Crippen molar-refractivity contribution in [2.45, 2.75) is 4.90 Å². The summed E-state index contributed by atoms with van der Waals surface area (Å²) in [7, 11) is 0. The number of anilines is 1. The summed E-state index contributed by atoms with van der Waals surface area (Å²) >= 11 is 5.08. The standard InChI is InChI=1S/C13H10NOS/c15-13(11-8-4-5-9-12(11)16)14-10-6-2-1-3-7-10/h1-9H,(H,14,15). The number of para-hydroxylation sites is 1. The smallest absolute Gasteiger partial charge is 0.257 e. The molecule has 0 aromatic heterocycles. The molecule has 2 rings (SSSR count).